The molecule has 0 fully saturated rings. The minimum atomic E-state index is -4.03. The van der Waals surface area contributed by atoms with Crippen molar-refractivity contribution in [2.45, 2.75) is 11.8 Å². The molecule has 0 aliphatic carbocycles. The van der Waals surface area contributed by atoms with E-state index in [1.165, 1.54) is 19.2 Å². The van der Waals surface area contributed by atoms with Gasteiger partial charge in [0.25, 0.3) is 10.0 Å². The molecule has 0 saturated carbocycles. The number of aryl methyl sites for hydroxylation is 1. The maximum atomic E-state index is 13.1. The first kappa shape index (κ1) is 19.9. The largest absolute Gasteiger partial charge is 0.383 e. The summed E-state index contributed by atoms with van der Waals surface area (Å²) in [7, 11) is -2.53. The number of benzene rings is 2. The molecule has 0 heterocycles. The van der Waals surface area contributed by atoms with Crippen LogP contribution in [0, 0.1) is 12.7 Å². The van der Waals surface area contributed by atoms with E-state index < -0.39 is 28.3 Å². The third-order valence-corrected chi connectivity index (χ3v) is 5.43. The van der Waals surface area contributed by atoms with E-state index in [1.807, 2.05) is 6.92 Å². The lowest BCUT2D eigenvalue weighted by Crippen LogP contribution is -2.41. The number of sulfonamides is 1. The van der Waals surface area contributed by atoms with Crippen LogP contribution in [0.3, 0.4) is 0 Å². The van der Waals surface area contributed by atoms with Gasteiger partial charge >= 0.3 is 0 Å². The van der Waals surface area contributed by atoms with Gasteiger partial charge in [-0.05, 0) is 43.3 Å². The van der Waals surface area contributed by atoms with E-state index in [2.05, 4.69) is 5.32 Å². The number of nitrogens with one attached hydrogen (secondary N) is 1. The number of halogens is 1. The molecule has 1 amide bonds. The van der Waals surface area contributed by atoms with Crippen LogP contribution < -0.4 is 9.62 Å². The summed E-state index contributed by atoms with van der Waals surface area (Å²) in [4.78, 5) is 12.1. The fourth-order valence-electron chi connectivity index (χ4n) is 2.24. The Morgan fingerprint density at radius 3 is 2.31 bits per heavy atom. The summed E-state index contributed by atoms with van der Waals surface area (Å²) in [6, 6.07) is 11.2. The Morgan fingerprint density at radius 2 is 1.73 bits per heavy atom. The first-order valence-corrected chi connectivity index (χ1v) is 9.39. The molecule has 26 heavy (non-hydrogen) atoms. The van der Waals surface area contributed by atoms with Gasteiger partial charge in [0, 0.05) is 13.7 Å². The highest BCUT2D eigenvalue weighted by molar-refractivity contribution is 7.92. The maximum Gasteiger partial charge on any atom is 0.264 e. The minimum Gasteiger partial charge on any atom is -0.383 e. The van der Waals surface area contributed by atoms with Crippen molar-refractivity contribution in [1.82, 2.24) is 5.32 Å². The molecule has 0 aromatic heterocycles. The van der Waals surface area contributed by atoms with Crippen LogP contribution in [0.25, 0.3) is 0 Å². The Morgan fingerprint density at radius 1 is 1.12 bits per heavy atom. The van der Waals surface area contributed by atoms with Gasteiger partial charge in [0.05, 0.1) is 17.2 Å². The Balaban J connectivity index is 2.34. The van der Waals surface area contributed by atoms with E-state index >= 15 is 0 Å². The van der Waals surface area contributed by atoms with Gasteiger partial charge in [-0.2, -0.15) is 0 Å². The van der Waals surface area contributed by atoms with Crippen molar-refractivity contribution in [1.29, 1.82) is 0 Å². The number of hydrogen-bond acceptors (Lipinski definition) is 4. The van der Waals surface area contributed by atoms with Gasteiger partial charge in [0.15, 0.2) is 0 Å². The number of carbonyl (C=O) groups excluding carboxylic acids is 1. The molecule has 0 aliphatic heterocycles. The lowest BCUT2D eigenvalue weighted by molar-refractivity contribution is -0.119. The zero-order valence-corrected chi connectivity index (χ0v) is 15.4. The van der Waals surface area contributed by atoms with Crippen LogP contribution in [-0.2, 0) is 19.6 Å². The summed E-state index contributed by atoms with van der Waals surface area (Å²) < 4.78 is 45.0. The molecule has 0 atom stereocenters. The molecule has 1 N–H and O–H groups in total. The van der Waals surface area contributed by atoms with E-state index in [9.17, 15) is 17.6 Å². The van der Waals surface area contributed by atoms with E-state index in [-0.39, 0.29) is 11.4 Å². The number of anilines is 1. The summed E-state index contributed by atoms with van der Waals surface area (Å²) in [5.41, 5.74) is 1.30. The minimum absolute atomic E-state index is 0.0934. The predicted octanol–water partition coefficient (Wildman–Crippen LogP) is 2.09. The summed E-state index contributed by atoms with van der Waals surface area (Å²) in [5, 5.41) is 2.60. The quantitative estimate of drug-likeness (QED) is 0.712. The van der Waals surface area contributed by atoms with E-state index in [1.54, 1.807) is 24.3 Å². The zero-order chi connectivity index (χ0) is 19.2. The number of ether oxygens (including phenoxy) is 1. The molecule has 2 aromatic carbocycles. The van der Waals surface area contributed by atoms with Crippen LogP contribution in [0.5, 0.6) is 0 Å². The molecule has 0 radical (unpaired) electrons. The molecule has 0 aliphatic rings. The summed E-state index contributed by atoms with van der Waals surface area (Å²) in [6.07, 6.45) is 0. The second kappa shape index (κ2) is 8.77. The Hall–Kier alpha value is -2.45. The number of hydrogen-bond donors (Lipinski definition) is 1. The first-order valence-electron chi connectivity index (χ1n) is 7.95. The van der Waals surface area contributed by atoms with E-state index in [0.717, 1.165) is 22.0 Å². The molecule has 0 unspecified atom stereocenters. The van der Waals surface area contributed by atoms with Crippen LogP contribution in [0.1, 0.15) is 5.56 Å². The van der Waals surface area contributed by atoms with Gasteiger partial charge in [-0.3, -0.25) is 9.10 Å². The van der Waals surface area contributed by atoms with Crippen molar-refractivity contribution >= 4 is 21.6 Å². The molecule has 0 spiro atoms. The number of methoxy groups -OCH3 is 1. The van der Waals surface area contributed by atoms with Crippen molar-refractivity contribution in [3.05, 3.63) is 59.9 Å². The van der Waals surface area contributed by atoms with Crippen molar-refractivity contribution < 1.29 is 22.3 Å². The highest BCUT2D eigenvalue weighted by Gasteiger charge is 2.27. The topological polar surface area (TPSA) is 75.7 Å². The molecule has 140 valence electrons. The predicted molar refractivity (Wildman–Crippen MR) is 97.0 cm³/mol. The molecular formula is C18H21FN2O4S. The van der Waals surface area contributed by atoms with Crippen LogP contribution >= 0.6 is 0 Å². The number of amides is 1. The zero-order valence-electron chi connectivity index (χ0n) is 14.6. The number of rotatable bonds is 8. The fraction of sp³-hybridized carbons (Fsp3) is 0.278. The SMILES string of the molecule is COCCNC(=O)CN(c1ccc(C)cc1)S(=O)(=O)c1ccc(F)cc1. The molecule has 6 nitrogen and oxygen atoms in total. The van der Waals surface area contributed by atoms with Crippen LogP contribution in [0.15, 0.2) is 53.4 Å². The van der Waals surface area contributed by atoms with Gasteiger partial charge in [-0.25, -0.2) is 12.8 Å². The Kier molecular flexibility index (Phi) is 6.70. The number of nitrogens with zero attached hydrogens (tertiary/aromatic N) is 1. The first-order chi connectivity index (χ1) is 12.3. The van der Waals surface area contributed by atoms with Crippen molar-refractivity contribution in [2.75, 3.05) is 31.1 Å². The van der Waals surface area contributed by atoms with Gasteiger partial charge in [0.1, 0.15) is 12.4 Å². The summed E-state index contributed by atoms with van der Waals surface area (Å²) >= 11 is 0. The van der Waals surface area contributed by atoms with Crippen molar-refractivity contribution in [3.8, 4) is 0 Å². The Bertz CT molecular complexity index is 836. The van der Waals surface area contributed by atoms with E-state index in [0.29, 0.717) is 12.3 Å². The Labute approximate surface area is 152 Å². The van der Waals surface area contributed by atoms with Gasteiger partial charge in [0.2, 0.25) is 5.91 Å². The smallest absolute Gasteiger partial charge is 0.264 e. The van der Waals surface area contributed by atoms with Gasteiger partial charge in [-0.1, -0.05) is 17.7 Å². The van der Waals surface area contributed by atoms with Gasteiger partial charge in [-0.15, -0.1) is 0 Å². The summed E-state index contributed by atoms with van der Waals surface area (Å²) in [5.74, 6) is -1.00. The monoisotopic (exact) mass is 380 g/mol. The molecule has 2 rings (SSSR count). The maximum absolute atomic E-state index is 13.1. The summed E-state index contributed by atoms with van der Waals surface area (Å²) in [6.45, 7) is 2.07. The average molecular weight is 380 g/mol. The second-order valence-electron chi connectivity index (χ2n) is 5.64. The average Bonchev–Trinajstić information content (AvgIpc) is 2.61. The lowest BCUT2D eigenvalue weighted by Gasteiger charge is -2.24. The molecule has 8 heteroatoms. The molecule has 0 saturated heterocycles. The second-order valence-corrected chi connectivity index (χ2v) is 7.51. The third-order valence-electron chi connectivity index (χ3n) is 3.64. The highest BCUT2D eigenvalue weighted by atomic mass is 32.2. The van der Waals surface area contributed by atoms with Crippen LogP contribution in [0.4, 0.5) is 10.1 Å². The highest BCUT2D eigenvalue weighted by Crippen LogP contribution is 2.24. The van der Waals surface area contributed by atoms with Crippen molar-refractivity contribution in [3.63, 3.8) is 0 Å². The van der Waals surface area contributed by atoms with Crippen LogP contribution in [0.2, 0.25) is 0 Å². The van der Waals surface area contributed by atoms with Crippen LogP contribution in [-0.4, -0.2) is 41.1 Å². The lowest BCUT2D eigenvalue weighted by atomic mass is 10.2. The number of carbonyl (C=O) groups is 1. The standard InChI is InChI=1S/C18H21FN2O4S/c1-14-3-7-16(8-4-14)21(13-18(22)20-11-12-25-2)26(23,24)17-9-5-15(19)6-10-17/h3-10H,11-13H2,1-2H3,(H,20,22). The molecule has 2 aromatic rings. The third kappa shape index (κ3) is 5.03. The molecular weight excluding hydrogens is 359 g/mol. The van der Waals surface area contributed by atoms with E-state index in [4.69, 9.17) is 4.74 Å². The fourth-order valence-corrected chi connectivity index (χ4v) is 3.66. The van der Waals surface area contributed by atoms with Gasteiger partial charge < -0.3 is 10.1 Å². The molecule has 0 bridgehead atoms. The normalized spacial score (nSPS) is 11.2. The van der Waals surface area contributed by atoms with Crippen molar-refractivity contribution in [2.24, 2.45) is 0 Å².